The molecule has 0 unspecified atom stereocenters. The van der Waals surface area contributed by atoms with Crippen molar-refractivity contribution in [2.45, 2.75) is 26.9 Å². The van der Waals surface area contributed by atoms with Gasteiger partial charge >= 0.3 is 5.69 Å². The molecule has 0 aliphatic rings. The van der Waals surface area contributed by atoms with Crippen molar-refractivity contribution in [1.29, 1.82) is 0 Å². The lowest BCUT2D eigenvalue weighted by Gasteiger charge is -2.12. The smallest absolute Gasteiger partial charge is 0.302 e. The van der Waals surface area contributed by atoms with Gasteiger partial charge in [0.15, 0.2) is 5.69 Å². The van der Waals surface area contributed by atoms with Crippen molar-refractivity contribution >= 4 is 17.1 Å². The number of aliphatic hydroxyl groups is 1. The van der Waals surface area contributed by atoms with Gasteiger partial charge in [-0.25, -0.2) is 0 Å². The topological polar surface area (TPSA) is 131 Å². The number of hydrogen-bond acceptors (Lipinski definition) is 7. The molecular weight excluding hydrogens is 328 g/mol. The minimum Gasteiger partial charge on any atom is -0.392 e. The molecule has 132 valence electrons. The zero-order valence-corrected chi connectivity index (χ0v) is 13.9. The molecule has 1 aromatic carbocycles. The van der Waals surface area contributed by atoms with Crippen LogP contribution in [0.15, 0.2) is 24.4 Å². The average Bonchev–Trinajstić information content (AvgIpc) is 2.56. The van der Waals surface area contributed by atoms with E-state index in [9.17, 15) is 25.3 Å². The van der Waals surface area contributed by atoms with Crippen LogP contribution in [0.2, 0.25) is 0 Å². The number of nitrogens with one attached hydrogen (secondary N) is 1. The summed E-state index contributed by atoms with van der Waals surface area (Å²) in [7, 11) is 0. The maximum atomic E-state index is 11.4. The lowest BCUT2D eigenvalue weighted by molar-refractivity contribution is -0.392. The Morgan fingerprint density at radius 1 is 1.20 bits per heavy atom. The number of aliphatic hydroxyl groups excluding tert-OH is 1. The van der Waals surface area contributed by atoms with Crippen LogP contribution in [0.4, 0.5) is 17.1 Å². The number of nitro benzene ring substituents is 2. The number of pyridine rings is 1. The standard InChI is InChI=1S/C16H18N4O5/c1-10-3-4-12(8-18-10)5-6-17-15-14(19(22)23)7-13(9-21)11(2)16(15)20(24)25/h3-4,7-8,17,21H,5-6,9H2,1-2H3. The molecule has 9 nitrogen and oxygen atoms in total. The normalized spacial score (nSPS) is 10.5. The van der Waals surface area contributed by atoms with E-state index >= 15 is 0 Å². The monoisotopic (exact) mass is 346 g/mol. The molecule has 9 heteroatoms. The van der Waals surface area contributed by atoms with Crippen molar-refractivity contribution in [3.8, 4) is 0 Å². The third kappa shape index (κ3) is 4.07. The van der Waals surface area contributed by atoms with Crippen molar-refractivity contribution in [2.24, 2.45) is 0 Å². The van der Waals surface area contributed by atoms with E-state index in [1.807, 2.05) is 19.1 Å². The summed E-state index contributed by atoms with van der Waals surface area (Å²) >= 11 is 0. The average molecular weight is 346 g/mol. The zero-order chi connectivity index (χ0) is 18.6. The van der Waals surface area contributed by atoms with E-state index in [0.717, 1.165) is 17.3 Å². The van der Waals surface area contributed by atoms with E-state index < -0.39 is 22.1 Å². The first-order valence-electron chi connectivity index (χ1n) is 7.56. The summed E-state index contributed by atoms with van der Waals surface area (Å²) in [6, 6.07) is 4.89. The molecule has 0 fully saturated rings. The second-order valence-corrected chi connectivity index (χ2v) is 5.56. The SMILES string of the molecule is Cc1ccc(CCNc2c([N+](=O)[O-])cc(CO)c(C)c2[N+](=O)[O-])cn1. The fraction of sp³-hybridized carbons (Fsp3) is 0.312. The molecule has 1 aromatic heterocycles. The Labute approximate surface area is 143 Å². The van der Waals surface area contributed by atoms with Crippen molar-refractivity contribution in [3.05, 3.63) is 67.0 Å². The quantitative estimate of drug-likeness (QED) is 0.582. The van der Waals surface area contributed by atoms with Crippen LogP contribution >= 0.6 is 0 Å². The highest BCUT2D eigenvalue weighted by atomic mass is 16.6. The summed E-state index contributed by atoms with van der Waals surface area (Å²) in [5.41, 5.74) is 1.18. The summed E-state index contributed by atoms with van der Waals surface area (Å²) in [6.07, 6.45) is 2.20. The summed E-state index contributed by atoms with van der Waals surface area (Å²) in [4.78, 5) is 25.5. The molecule has 0 aliphatic carbocycles. The number of nitrogens with zero attached hydrogens (tertiary/aromatic N) is 3. The Balaban J connectivity index is 2.34. The van der Waals surface area contributed by atoms with Gasteiger partial charge in [0.2, 0.25) is 0 Å². The second-order valence-electron chi connectivity index (χ2n) is 5.56. The summed E-state index contributed by atoms with van der Waals surface area (Å²) < 4.78 is 0. The third-order valence-corrected chi connectivity index (χ3v) is 3.88. The van der Waals surface area contributed by atoms with Gasteiger partial charge in [0, 0.05) is 30.1 Å². The molecule has 2 N–H and O–H groups in total. The van der Waals surface area contributed by atoms with Gasteiger partial charge in [-0.1, -0.05) is 6.07 Å². The highest BCUT2D eigenvalue weighted by Crippen LogP contribution is 2.39. The Morgan fingerprint density at radius 2 is 1.92 bits per heavy atom. The van der Waals surface area contributed by atoms with E-state index in [2.05, 4.69) is 10.3 Å². The molecule has 0 saturated carbocycles. The molecule has 1 heterocycles. The van der Waals surface area contributed by atoms with Crippen molar-refractivity contribution in [3.63, 3.8) is 0 Å². The Bertz CT molecular complexity index is 805. The molecule has 2 aromatic rings. The van der Waals surface area contributed by atoms with Gasteiger partial charge in [0.05, 0.1) is 16.5 Å². The minimum absolute atomic E-state index is 0.148. The first-order valence-corrected chi connectivity index (χ1v) is 7.56. The van der Waals surface area contributed by atoms with E-state index in [4.69, 9.17) is 0 Å². The van der Waals surface area contributed by atoms with E-state index in [-0.39, 0.29) is 29.0 Å². The van der Waals surface area contributed by atoms with Crippen LogP contribution in [0, 0.1) is 34.1 Å². The third-order valence-electron chi connectivity index (χ3n) is 3.88. The molecule has 0 amide bonds. The number of aryl methyl sites for hydroxylation is 1. The van der Waals surface area contributed by atoms with Crippen LogP contribution < -0.4 is 5.32 Å². The first-order chi connectivity index (χ1) is 11.8. The number of hydrogen-bond donors (Lipinski definition) is 2. The van der Waals surface area contributed by atoms with Gasteiger partial charge in [-0.05, 0) is 37.5 Å². The van der Waals surface area contributed by atoms with Gasteiger partial charge < -0.3 is 10.4 Å². The first kappa shape index (κ1) is 18.3. The van der Waals surface area contributed by atoms with Crippen LogP contribution in [-0.4, -0.2) is 26.5 Å². The van der Waals surface area contributed by atoms with Crippen molar-refractivity contribution in [2.75, 3.05) is 11.9 Å². The number of anilines is 1. The van der Waals surface area contributed by atoms with Gasteiger partial charge in [-0.2, -0.15) is 0 Å². The molecule has 2 rings (SSSR count). The number of nitro groups is 2. The van der Waals surface area contributed by atoms with Crippen molar-refractivity contribution < 1.29 is 15.0 Å². The molecule has 0 atom stereocenters. The second kappa shape index (κ2) is 7.67. The fourth-order valence-electron chi connectivity index (χ4n) is 2.50. The zero-order valence-electron chi connectivity index (χ0n) is 13.9. The number of aromatic nitrogens is 1. The number of rotatable bonds is 7. The van der Waals surface area contributed by atoms with Crippen LogP contribution in [0.3, 0.4) is 0 Å². The lowest BCUT2D eigenvalue weighted by Crippen LogP contribution is -2.11. The van der Waals surface area contributed by atoms with Gasteiger partial charge in [-0.15, -0.1) is 0 Å². The lowest BCUT2D eigenvalue weighted by atomic mass is 10.0. The van der Waals surface area contributed by atoms with Gasteiger partial charge in [-0.3, -0.25) is 25.2 Å². The highest BCUT2D eigenvalue weighted by molar-refractivity contribution is 5.77. The van der Waals surface area contributed by atoms with Crippen molar-refractivity contribution in [1.82, 2.24) is 4.98 Å². The Hall–Kier alpha value is -3.07. The highest BCUT2D eigenvalue weighted by Gasteiger charge is 2.29. The molecule has 0 spiro atoms. The van der Waals surface area contributed by atoms with Crippen LogP contribution in [-0.2, 0) is 13.0 Å². The van der Waals surface area contributed by atoms with Crippen LogP contribution in [0.5, 0.6) is 0 Å². The fourth-order valence-corrected chi connectivity index (χ4v) is 2.50. The molecular formula is C16H18N4O5. The van der Waals surface area contributed by atoms with E-state index in [1.54, 1.807) is 6.20 Å². The number of benzene rings is 1. The van der Waals surface area contributed by atoms with Crippen LogP contribution in [0.25, 0.3) is 0 Å². The minimum atomic E-state index is -0.693. The summed E-state index contributed by atoms with van der Waals surface area (Å²) in [6.45, 7) is 3.08. The van der Waals surface area contributed by atoms with E-state index in [0.29, 0.717) is 6.42 Å². The maximum absolute atomic E-state index is 11.4. The largest absolute Gasteiger partial charge is 0.392 e. The predicted octanol–water partition coefficient (Wildman–Crippen LogP) is 2.66. The summed E-state index contributed by atoms with van der Waals surface area (Å²) in [5, 5.41) is 34.8. The molecule has 0 aliphatic heterocycles. The molecule has 0 radical (unpaired) electrons. The van der Waals surface area contributed by atoms with Crippen LogP contribution in [0.1, 0.15) is 22.4 Å². The Morgan fingerprint density at radius 3 is 2.44 bits per heavy atom. The van der Waals surface area contributed by atoms with Gasteiger partial charge in [0.25, 0.3) is 5.69 Å². The molecule has 0 bridgehead atoms. The predicted molar refractivity (Wildman–Crippen MR) is 91.6 cm³/mol. The maximum Gasteiger partial charge on any atom is 0.302 e. The van der Waals surface area contributed by atoms with Gasteiger partial charge in [0.1, 0.15) is 0 Å². The Kier molecular flexibility index (Phi) is 5.60. The van der Waals surface area contributed by atoms with E-state index in [1.165, 1.54) is 6.92 Å². The molecule has 0 saturated heterocycles. The summed E-state index contributed by atoms with van der Waals surface area (Å²) in [5.74, 6) is 0. The molecule has 25 heavy (non-hydrogen) atoms.